The largest absolute Gasteiger partial charge is 0.468 e. The van der Waals surface area contributed by atoms with Gasteiger partial charge in [-0.1, -0.05) is 12.8 Å². The van der Waals surface area contributed by atoms with Crippen molar-refractivity contribution in [3.63, 3.8) is 0 Å². The van der Waals surface area contributed by atoms with Gasteiger partial charge in [0.25, 0.3) is 0 Å². The quantitative estimate of drug-likeness (QED) is 0.820. The van der Waals surface area contributed by atoms with Crippen LogP contribution in [0.3, 0.4) is 0 Å². The third kappa shape index (κ3) is 1.51. The van der Waals surface area contributed by atoms with Gasteiger partial charge in [0, 0.05) is 0 Å². The summed E-state index contributed by atoms with van der Waals surface area (Å²) in [6.07, 6.45) is 7.53. The molecule has 2 nitrogen and oxygen atoms in total. The van der Waals surface area contributed by atoms with Crippen LogP contribution in [0.4, 0.5) is 0 Å². The summed E-state index contributed by atoms with van der Waals surface area (Å²) in [5, 5.41) is 3.43. The standard InChI is InChI=1S/C13H19NO/c1-14-13(11-7-4-8-15-11)12-9-5-2-3-6-10(9)12/h4,7-10,12-14H,2-3,5-6H2,1H3. The van der Waals surface area contributed by atoms with Crippen molar-refractivity contribution in [3.05, 3.63) is 24.2 Å². The fraction of sp³-hybridized carbons (Fsp3) is 0.692. The second-order valence-electron chi connectivity index (χ2n) is 4.97. The molecule has 1 aromatic heterocycles. The molecule has 0 aliphatic heterocycles. The zero-order valence-electron chi connectivity index (χ0n) is 9.28. The lowest BCUT2D eigenvalue weighted by Gasteiger charge is -2.13. The molecule has 0 radical (unpaired) electrons. The maximum Gasteiger partial charge on any atom is 0.120 e. The molecule has 2 aliphatic carbocycles. The van der Waals surface area contributed by atoms with Gasteiger partial charge in [0.1, 0.15) is 5.76 Å². The number of nitrogens with one attached hydrogen (secondary N) is 1. The number of furan rings is 1. The Morgan fingerprint density at radius 1 is 1.33 bits per heavy atom. The minimum Gasteiger partial charge on any atom is -0.468 e. The zero-order chi connectivity index (χ0) is 10.3. The molecule has 0 saturated heterocycles. The summed E-state index contributed by atoms with van der Waals surface area (Å²) in [6.45, 7) is 0. The molecule has 1 N–H and O–H groups in total. The van der Waals surface area contributed by atoms with Gasteiger partial charge < -0.3 is 9.73 Å². The summed E-state index contributed by atoms with van der Waals surface area (Å²) in [6, 6.07) is 4.55. The van der Waals surface area contributed by atoms with Gasteiger partial charge >= 0.3 is 0 Å². The molecule has 3 rings (SSSR count). The first kappa shape index (κ1) is 9.46. The van der Waals surface area contributed by atoms with E-state index >= 15 is 0 Å². The summed E-state index contributed by atoms with van der Waals surface area (Å²) in [7, 11) is 2.05. The molecule has 0 aromatic carbocycles. The number of hydrogen-bond donors (Lipinski definition) is 1. The average molecular weight is 205 g/mol. The smallest absolute Gasteiger partial charge is 0.120 e. The van der Waals surface area contributed by atoms with Gasteiger partial charge in [-0.05, 0) is 49.8 Å². The molecular weight excluding hydrogens is 186 g/mol. The first-order valence-corrected chi connectivity index (χ1v) is 6.12. The Kier molecular flexibility index (Phi) is 2.32. The third-order valence-electron chi connectivity index (χ3n) is 4.27. The van der Waals surface area contributed by atoms with E-state index in [1.807, 2.05) is 6.07 Å². The lowest BCUT2D eigenvalue weighted by molar-refractivity contribution is 0.382. The molecule has 2 aliphatic rings. The highest BCUT2D eigenvalue weighted by atomic mass is 16.3. The summed E-state index contributed by atoms with van der Waals surface area (Å²) in [4.78, 5) is 0. The van der Waals surface area contributed by atoms with E-state index in [1.165, 1.54) is 25.7 Å². The lowest BCUT2D eigenvalue weighted by atomic mass is 10.0. The van der Waals surface area contributed by atoms with Crippen LogP contribution >= 0.6 is 0 Å². The normalized spacial score (nSPS) is 35.9. The SMILES string of the molecule is CNC(c1ccco1)C1C2CCCCC21. The Morgan fingerprint density at radius 3 is 2.60 bits per heavy atom. The molecule has 2 heteroatoms. The molecule has 3 unspecified atom stereocenters. The first-order valence-electron chi connectivity index (χ1n) is 6.12. The number of rotatable bonds is 3. The van der Waals surface area contributed by atoms with Crippen molar-refractivity contribution in [2.75, 3.05) is 7.05 Å². The number of fused-ring (bicyclic) bond motifs is 1. The van der Waals surface area contributed by atoms with E-state index in [4.69, 9.17) is 4.42 Å². The zero-order valence-corrected chi connectivity index (χ0v) is 9.28. The van der Waals surface area contributed by atoms with E-state index in [2.05, 4.69) is 18.4 Å². The first-order chi connectivity index (χ1) is 7.42. The third-order valence-corrected chi connectivity index (χ3v) is 4.27. The fourth-order valence-electron chi connectivity index (χ4n) is 3.53. The molecule has 1 aromatic rings. The van der Waals surface area contributed by atoms with Crippen molar-refractivity contribution in [1.29, 1.82) is 0 Å². The van der Waals surface area contributed by atoms with Crippen molar-refractivity contribution in [3.8, 4) is 0 Å². The Balaban J connectivity index is 1.75. The highest BCUT2D eigenvalue weighted by molar-refractivity contribution is 5.14. The van der Waals surface area contributed by atoms with Crippen LogP contribution in [0.15, 0.2) is 22.8 Å². The van der Waals surface area contributed by atoms with Gasteiger partial charge in [0.2, 0.25) is 0 Å². The second kappa shape index (κ2) is 3.67. The van der Waals surface area contributed by atoms with Crippen LogP contribution < -0.4 is 5.32 Å². The highest BCUT2D eigenvalue weighted by Crippen LogP contribution is 2.60. The van der Waals surface area contributed by atoms with Crippen molar-refractivity contribution in [1.82, 2.24) is 5.32 Å². The van der Waals surface area contributed by atoms with E-state index in [1.54, 1.807) is 6.26 Å². The Labute approximate surface area is 91.0 Å². The van der Waals surface area contributed by atoms with Crippen LogP contribution in [-0.2, 0) is 0 Å². The van der Waals surface area contributed by atoms with Crippen molar-refractivity contribution >= 4 is 0 Å². The van der Waals surface area contributed by atoms with Crippen LogP contribution in [0.2, 0.25) is 0 Å². The van der Waals surface area contributed by atoms with Crippen LogP contribution in [0.5, 0.6) is 0 Å². The van der Waals surface area contributed by atoms with Crippen molar-refractivity contribution in [2.45, 2.75) is 31.7 Å². The van der Waals surface area contributed by atoms with E-state index in [0.717, 1.165) is 23.5 Å². The predicted molar refractivity (Wildman–Crippen MR) is 59.4 cm³/mol. The monoisotopic (exact) mass is 205 g/mol. The highest BCUT2D eigenvalue weighted by Gasteiger charge is 2.54. The molecule has 1 heterocycles. The van der Waals surface area contributed by atoms with Crippen molar-refractivity contribution < 1.29 is 4.42 Å². The topological polar surface area (TPSA) is 25.2 Å². The van der Waals surface area contributed by atoms with E-state index < -0.39 is 0 Å². The maximum absolute atomic E-state index is 5.53. The van der Waals surface area contributed by atoms with Gasteiger partial charge in [0.15, 0.2) is 0 Å². The van der Waals surface area contributed by atoms with Gasteiger partial charge in [-0.3, -0.25) is 0 Å². The Hall–Kier alpha value is -0.760. The van der Waals surface area contributed by atoms with Crippen LogP contribution in [-0.4, -0.2) is 7.05 Å². The van der Waals surface area contributed by atoms with E-state index in [0.29, 0.717) is 6.04 Å². The van der Waals surface area contributed by atoms with Crippen LogP contribution in [0.1, 0.15) is 37.5 Å². The van der Waals surface area contributed by atoms with Crippen molar-refractivity contribution in [2.24, 2.45) is 17.8 Å². The Bertz CT molecular complexity index is 307. The van der Waals surface area contributed by atoms with E-state index in [9.17, 15) is 0 Å². The van der Waals surface area contributed by atoms with Gasteiger partial charge in [-0.25, -0.2) is 0 Å². The molecule has 0 spiro atoms. The fourth-order valence-corrected chi connectivity index (χ4v) is 3.53. The van der Waals surface area contributed by atoms with Crippen LogP contribution in [0.25, 0.3) is 0 Å². The predicted octanol–water partition coefficient (Wildman–Crippen LogP) is 2.98. The molecule has 82 valence electrons. The summed E-state index contributed by atoms with van der Waals surface area (Å²) in [5.41, 5.74) is 0. The van der Waals surface area contributed by atoms with Gasteiger partial charge in [0.05, 0.1) is 12.3 Å². The number of hydrogen-bond acceptors (Lipinski definition) is 2. The van der Waals surface area contributed by atoms with Gasteiger partial charge in [-0.2, -0.15) is 0 Å². The molecular formula is C13H19NO. The summed E-state index contributed by atoms with van der Waals surface area (Å²) < 4.78 is 5.53. The minimum absolute atomic E-state index is 0.452. The maximum atomic E-state index is 5.53. The average Bonchev–Trinajstić information content (AvgIpc) is 2.74. The molecule has 2 saturated carbocycles. The molecule has 2 fully saturated rings. The van der Waals surface area contributed by atoms with E-state index in [-0.39, 0.29) is 0 Å². The summed E-state index contributed by atoms with van der Waals surface area (Å²) in [5.74, 6) is 3.91. The molecule has 0 amide bonds. The van der Waals surface area contributed by atoms with Crippen LogP contribution in [0, 0.1) is 17.8 Å². The second-order valence-corrected chi connectivity index (χ2v) is 4.97. The molecule has 0 bridgehead atoms. The lowest BCUT2D eigenvalue weighted by Crippen LogP contribution is -2.19. The molecule has 3 atom stereocenters. The Morgan fingerprint density at radius 2 is 2.07 bits per heavy atom. The minimum atomic E-state index is 0.452. The summed E-state index contributed by atoms with van der Waals surface area (Å²) >= 11 is 0. The van der Waals surface area contributed by atoms with Gasteiger partial charge in [-0.15, -0.1) is 0 Å². The molecule has 15 heavy (non-hydrogen) atoms.